The molecular formula is C14H14BrN3O. The van der Waals surface area contributed by atoms with Gasteiger partial charge in [0, 0.05) is 5.69 Å². The number of nitrogen functional groups attached to an aromatic ring is 1. The molecule has 2 aromatic rings. The van der Waals surface area contributed by atoms with Crippen LogP contribution in [0.25, 0.3) is 0 Å². The molecule has 1 amide bonds. The number of hydrogen-bond donors (Lipinski definition) is 2. The van der Waals surface area contributed by atoms with Crippen LogP contribution < -0.4 is 11.1 Å². The summed E-state index contributed by atoms with van der Waals surface area (Å²) in [7, 11) is 0. The molecule has 0 saturated heterocycles. The van der Waals surface area contributed by atoms with Gasteiger partial charge in [-0.05, 0) is 46.1 Å². The summed E-state index contributed by atoms with van der Waals surface area (Å²) in [5, 5.41) is 2.81. The number of para-hydroxylation sites is 1. The fourth-order valence-electron chi connectivity index (χ4n) is 1.70. The summed E-state index contributed by atoms with van der Waals surface area (Å²) in [5.41, 5.74) is 8.91. The minimum Gasteiger partial charge on any atom is -0.398 e. The van der Waals surface area contributed by atoms with Gasteiger partial charge >= 0.3 is 0 Å². The van der Waals surface area contributed by atoms with Gasteiger partial charge in [0.05, 0.1) is 18.3 Å². The van der Waals surface area contributed by atoms with Gasteiger partial charge in [-0.15, -0.1) is 0 Å². The molecule has 0 aliphatic rings. The molecule has 0 unspecified atom stereocenters. The van der Waals surface area contributed by atoms with Crippen LogP contribution in [0.15, 0.2) is 41.1 Å². The molecule has 0 fully saturated rings. The van der Waals surface area contributed by atoms with Crippen LogP contribution >= 0.6 is 15.9 Å². The second kappa shape index (κ2) is 5.84. The van der Waals surface area contributed by atoms with Crippen LogP contribution in [0.2, 0.25) is 0 Å². The van der Waals surface area contributed by atoms with Crippen molar-refractivity contribution in [3.8, 4) is 0 Å². The Bertz CT molecular complexity index is 613. The largest absolute Gasteiger partial charge is 0.398 e. The zero-order valence-electron chi connectivity index (χ0n) is 10.5. The molecule has 19 heavy (non-hydrogen) atoms. The number of carbonyl (C=O) groups excluding carboxylic acids is 1. The van der Waals surface area contributed by atoms with Crippen LogP contribution in [-0.4, -0.2) is 10.9 Å². The molecule has 98 valence electrons. The molecule has 0 aliphatic heterocycles. The van der Waals surface area contributed by atoms with Gasteiger partial charge in [0.15, 0.2) is 0 Å². The second-order valence-electron chi connectivity index (χ2n) is 4.26. The summed E-state index contributed by atoms with van der Waals surface area (Å²) < 4.78 is 0.776. The number of aryl methyl sites for hydroxylation is 1. The molecule has 0 radical (unpaired) electrons. The number of benzene rings is 1. The summed E-state index contributed by atoms with van der Waals surface area (Å²) in [6, 6.07) is 9.21. The van der Waals surface area contributed by atoms with Gasteiger partial charge in [-0.3, -0.25) is 4.79 Å². The predicted octanol–water partition coefficient (Wildman–Crippen LogP) is 2.92. The lowest BCUT2D eigenvalue weighted by molar-refractivity contribution is -0.115. The van der Waals surface area contributed by atoms with Crippen LogP contribution in [0.1, 0.15) is 11.1 Å². The van der Waals surface area contributed by atoms with Crippen molar-refractivity contribution in [1.29, 1.82) is 0 Å². The second-order valence-corrected chi connectivity index (χ2v) is 5.01. The lowest BCUT2D eigenvalue weighted by Crippen LogP contribution is -2.15. The molecule has 0 spiro atoms. The van der Waals surface area contributed by atoms with E-state index >= 15 is 0 Å². The molecule has 1 heterocycles. The molecule has 0 atom stereocenters. The Morgan fingerprint density at radius 3 is 2.84 bits per heavy atom. The number of amides is 1. The van der Waals surface area contributed by atoms with Crippen molar-refractivity contribution in [2.75, 3.05) is 11.1 Å². The van der Waals surface area contributed by atoms with E-state index < -0.39 is 0 Å². The van der Waals surface area contributed by atoms with Crippen LogP contribution in [0.4, 0.5) is 11.4 Å². The quantitative estimate of drug-likeness (QED) is 0.675. The minimum absolute atomic E-state index is 0.110. The SMILES string of the molecule is Cc1cc(NC(=O)Cc2ccccc2N)cnc1Br. The monoisotopic (exact) mass is 319 g/mol. The standard InChI is InChI=1S/C14H14BrN3O/c1-9-6-11(8-17-14(9)15)18-13(19)7-10-4-2-3-5-12(10)16/h2-6,8H,7,16H2,1H3,(H,18,19). The van der Waals surface area contributed by atoms with Gasteiger partial charge in [-0.25, -0.2) is 4.98 Å². The molecule has 4 nitrogen and oxygen atoms in total. The highest BCUT2D eigenvalue weighted by Gasteiger charge is 2.07. The number of nitrogens with zero attached hydrogens (tertiary/aromatic N) is 1. The van der Waals surface area contributed by atoms with Gasteiger partial charge in [0.2, 0.25) is 5.91 Å². The number of nitrogens with two attached hydrogens (primary N) is 1. The normalized spacial score (nSPS) is 10.2. The maximum Gasteiger partial charge on any atom is 0.228 e. The molecular weight excluding hydrogens is 306 g/mol. The lowest BCUT2D eigenvalue weighted by Gasteiger charge is -2.08. The Hall–Kier alpha value is -1.88. The zero-order chi connectivity index (χ0) is 13.8. The van der Waals surface area contributed by atoms with Crippen molar-refractivity contribution in [2.45, 2.75) is 13.3 Å². The van der Waals surface area contributed by atoms with E-state index in [1.165, 1.54) is 0 Å². The number of anilines is 2. The highest BCUT2D eigenvalue weighted by Crippen LogP contribution is 2.17. The first-order valence-electron chi connectivity index (χ1n) is 5.81. The maximum absolute atomic E-state index is 11.9. The third-order valence-corrected chi connectivity index (χ3v) is 3.53. The summed E-state index contributed by atoms with van der Waals surface area (Å²) >= 11 is 3.32. The summed E-state index contributed by atoms with van der Waals surface area (Å²) in [6.45, 7) is 1.92. The average molecular weight is 320 g/mol. The number of nitrogens with one attached hydrogen (secondary N) is 1. The van der Waals surface area contributed by atoms with Gasteiger partial charge in [0.25, 0.3) is 0 Å². The first-order chi connectivity index (χ1) is 9.06. The zero-order valence-corrected chi connectivity index (χ0v) is 12.1. The predicted molar refractivity (Wildman–Crippen MR) is 79.9 cm³/mol. The molecule has 0 saturated carbocycles. The summed E-state index contributed by atoms with van der Waals surface area (Å²) in [5.74, 6) is -0.110. The first-order valence-corrected chi connectivity index (χ1v) is 6.61. The Labute approximate surface area is 120 Å². The Morgan fingerprint density at radius 2 is 2.16 bits per heavy atom. The van der Waals surface area contributed by atoms with Crippen molar-refractivity contribution < 1.29 is 4.79 Å². The van der Waals surface area contributed by atoms with Crippen molar-refractivity contribution in [1.82, 2.24) is 4.98 Å². The minimum atomic E-state index is -0.110. The fraction of sp³-hybridized carbons (Fsp3) is 0.143. The Kier molecular flexibility index (Phi) is 4.16. The number of rotatable bonds is 3. The molecule has 2 rings (SSSR count). The van der Waals surface area contributed by atoms with E-state index in [0.717, 1.165) is 15.7 Å². The Morgan fingerprint density at radius 1 is 1.42 bits per heavy atom. The molecule has 0 bridgehead atoms. The van der Waals surface area contributed by atoms with Crippen LogP contribution in [-0.2, 0) is 11.2 Å². The van der Waals surface area contributed by atoms with Gasteiger partial charge in [-0.1, -0.05) is 18.2 Å². The van der Waals surface area contributed by atoms with Crippen molar-refractivity contribution >= 4 is 33.2 Å². The maximum atomic E-state index is 11.9. The number of halogens is 1. The molecule has 1 aromatic heterocycles. The van der Waals surface area contributed by atoms with Crippen LogP contribution in [0.3, 0.4) is 0 Å². The first kappa shape index (κ1) is 13.5. The van der Waals surface area contributed by atoms with E-state index in [0.29, 0.717) is 11.4 Å². The summed E-state index contributed by atoms with van der Waals surface area (Å²) in [4.78, 5) is 16.1. The van der Waals surface area contributed by atoms with Crippen LogP contribution in [0.5, 0.6) is 0 Å². The Balaban J connectivity index is 2.05. The highest BCUT2D eigenvalue weighted by atomic mass is 79.9. The van der Waals surface area contributed by atoms with E-state index in [4.69, 9.17) is 5.73 Å². The van der Waals surface area contributed by atoms with Crippen molar-refractivity contribution in [3.05, 3.63) is 52.3 Å². The molecule has 0 aliphatic carbocycles. The molecule has 5 heteroatoms. The van der Waals surface area contributed by atoms with Gasteiger partial charge < -0.3 is 11.1 Å². The molecule has 3 N–H and O–H groups in total. The average Bonchev–Trinajstić information content (AvgIpc) is 2.37. The number of aromatic nitrogens is 1. The lowest BCUT2D eigenvalue weighted by atomic mass is 10.1. The number of hydrogen-bond acceptors (Lipinski definition) is 3. The van der Waals surface area contributed by atoms with Gasteiger partial charge in [-0.2, -0.15) is 0 Å². The van der Waals surface area contributed by atoms with E-state index in [-0.39, 0.29) is 12.3 Å². The van der Waals surface area contributed by atoms with E-state index in [1.54, 1.807) is 12.3 Å². The van der Waals surface area contributed by atoms with Crippen molar-refractivity contribution in [2.24, 2.45) is 0 Å². The number of carbonyl (C=O) groups is 1. The topological polar surface area (TPSA) is 68.0 Å². The third-order valence-electron chi connectivity index (χ3n) is 2.70. The third kappa shape index (κ3) is 3.54. The number of pyridine rings is 1. The summed E-state index contributed by atoms with van der Waals surface area (Å²) in [6.07, 6.45) is 1.87. The van der Waals surface area contributed by atoms with Crippen LogP contribution in [0, 0.1) is 6.92 Å². The fourth-order valence-corrected chi connectivity index (χ4v) is 1.92. The van der Waals surface area contributed by atoms with E-state index in [1.807, 2.05) is 31.2 Å². The van der Waals surface area contributed by atoms with Gasteiger partial charge in [0.1, 0.15) is 4.60 Å². The highest BCUT2D eigenvalue weighted by molar-refractivity contribution is 9.10. The molecule has 1 aromatic carbocycles. The van der Waals surface area contributed by atoms with E-state index in [2.05, 4.69) is 26.2 Å². The smallest absolute Gasteiger partial charge is 0.228 e. The van der Waals surface area contributed by atoms with E-state index in [9.17, 15) is 4.79 Å². The van der Waals surface area contributed by atoms with Crippen molar-refractivity contribution in [3.63, 3.8) is 0 Å².